The van der Waals surface area contributed by atoms with Crippen molar-refractivity contribution in [1.29, 1.82) is 0 Å². The molecule has 0 unspecified atom stereocenters. The number of carbonyl (C=O) groups is 1. The maximum atomic E-state index is 12.1. The van der Waals surface area contributed by atoms with Crippen LogP contribution in [0.4, 0.5) is 0 Å². The maximum Gasteiger partial charge on any atom is 0.240 e. The topological polar surface area (TPSA) is 51.1 Å². The first-order valence-corrected chi connectivity index (χ1v) is 7.78. The lowest BCUT2D eigenvalue weighted by molar-refractivity contribution is -0.130. The van der Waals surface area contributed by atoms with E-state index in [1.807, 2.05) is 48.5 Å². The summed E-state index contributed by atoms with van der Waals surface area (Å²) in [5.74, 6) is 1.30. The summed E-state index contributed by atoms with van der Waals surface area (Å²) in [6.07, 6.45) is 0.653. The van der Waals surface area contributed by atoms with Crippen molar-refractivity contribution in [1.82, 2.24) is 5.01 Å². The van der Waals surface area contributed by atoms with Gasteiger partial charge in [0.25, 0.3) is 0 Å². The number of benzene rings is 2. The molecule has 0 saturated carbocycles. The molecule has 0 spiro atoms. The molecule has 2 aromatic carbocycles. The molecule has 0 bridgehead atoms. The summed E-state index contributed by atoms with van der Waals surface area (Å²) in [6, 6.07) is 15.4. The van der Waals surface area contributed by atoms with E-state index in [0.717, 1.165) is 16.8 Å². The van der Waals surface area contributed by atoms with Gasteiger partial charge in [0.15, 0.2) is 0 Å². The fourth-order valence-corrected chi connectivity index (χ4v) is 2.89. The summed E-state index contributed by atoms with van der Waals surface area (Å²) in [5.41, 5.74) is 2.87. The zero-order valence-electron chi connectivity index (χ0n) is 14.0. The van der Waals surface area contributed by atoms with Gasteiger partial charge in [-0.25, -0.2) is 5.01 Å². The van der Waals surface area contributed by atoms with Crippen LogP contribution in [0.2, 0.25) is 0 Å². The fourth-order valence-electron chi connectivity index (χ4n) is 2.89. The van der Waals surface area contributed by atoms with Gasteiger partial charge in [0, 0.05) is 19.4 Å². The Morgan fingerprint density at radius 3 is 2.25 bits per heavy atom. The van der Waals surface area contributed by atoms with Crippen molar-refractivity contribution < 1.29 is 14.3 Å². The summed E-state index contributed by atoms with van der Waals surface area (Å²) in [7, 11) is 3.23. The van der Waals surface area contributed by atoms with Gasteiger partial charge in [-0.1, -0.05) is 30.3 Å². The first-order chi connectivity index (χ1) is 11.6. The largest absolute Gasteiger partial charge is 0.497 e. The number of hydrogen-bond acceptors (Lipinski definition) is 4. The van der Waals surface area contributed by atoms with Gasteiger partial charge < -0.3 is 9.47 Å². The van der Waals surface area contributed by atoms with E-state index in [0.29, 0.717) is 17.9 Å². The Labute approximate surface area is 141 Å². The molecule has 124 valence electrons. The normalized spacial score (nSPS) is 16.7. The highest BCUT2D eigenvalue weighted by Gasteiger charge is 2.32. The maximum absolute atomic E-state index is 12.1. The highest BCUT2D eigenvalue weighted by Crippen LogP contribution is 2.36. The molecule has 2 aromatic rings. The Bertz CT molecular complexity index is 749. The molecule has 24 heavy (non-hydrogen) atoms. The minimum Gasteiger partial charge on any atom is -0.497 e. The average molecular weight is 324 g/mol. The van der Waals surface area contributed by atoms with E-state index in [4.69, 9.17) is 9.47 Å². The van der Waals surface area contributed by atoms with Crippen LogP contribution in [0, 0.1) is 0 Å². The van der Waals surface area contributed by atoms with Crippen LogP contribution < -0.4 is 9.47 Å². The quantitative estimate of drug-likeness (QED) is 0.866. The number of hydrazone groups is 1. The number of rotatable bonds is 4. The Hall–Kier alpha value is -2.82. The number of carbonyl (C=O) groups excluding carboxylic acids is 1. The van der Waals surface area contributed by atoms with Gasteiger partial charge in [-0.05, 0) is 23.3 Å². The van der Waals surface area contributed by atoms with Crippen LogP contribution in [0.1, 0.15) is 30.5 Å². The van der Waals surface area contributed by atoms with Crippen LogP contribution in [0.25, 0.3) is 0 Å². The third-order valence-corrected chi connectivity index (χ3v) is 4.10. The molecule has 0 fully saturated rings. The number of amides is 1. The monoisotopic (exact) mass is 324 g/mol. The molecule has 0 aromatic heterocycles. The molecule has 0 radical (unpaired) electrons. The van der Waals surface area contributed by atoms with Crippen molar-refractivity contribution in [2.75, 3.05) is 14.2 Å². The van der Waals surface area contributed by atoms with Crippen molar-refractivity contribution in [3.8, 4) is 11.5 Å². The Kier molecular flexibility index (Phi) is 4.51. The molecule has 1 aliphatic heterocycles. The fraction of sp³-hybridized carbons (Fsp3) is 0.263. The van der Waals surface area contributed by atoms with Gasteiger partial charge in [-0.2, -0.15) is 5.10 Å². The van der Waals surface area contributed by atoms with Gasteiger partial charge in [0.05, 0.1) is 26.0 Å². The summed E-state index contributed by atoms with van der Waals surface area (Å²) in [5, 5.41) is 6.08. The smallest absolute Gasteiger partial charge is 0.240 e. The van der Waals surface area contributed by atoms with Gasteiger partial charge in [0.2, 0.25) is 5.91 Å². The predicted octanol–water partition coefficient (Wildman–Crippen LogP) is 3.40. The Morgan fingerprint density at radius 1 is 1.08 bits per heavy atom. The Balaban J connectivity index is 1.98. The molecule has 5 heteroatoms. The van der Waals surface area contributed by atoms with Gasteiger partial charge in [0.1, 0.15) is 11.5 Å². The van der Waals surface area contributed by atoms with Crippen LogP contribution in [-0.4, -0.2) is 30.8 Å². The number of ether oxygens (including phenoxy) is 2. The zero-order valence-corrected chi connectivity index (χ0v) is 14.0. The van der Waals surface area contributed by atoms with E-state index >= 15 is 0 Å². The first-order valence-electron chi connectivity index (χ1n) is 7.78. The third-order valence-electron chi connectivity index (χ3n) is 4.10. The van der Waals surface area contributed by atoms with Crippen LogP contribution in [0.15, 0.2) is 53.6 Å². The van der Waals surface area contributed by atoms with Crippen molar-refractivity contribution in [3.63, 3.8) is 0 Å². The van der Waals surface area contributed by atoms with Crippen molar-refractivity contribution in [3.05, 3.63) is 59.7 Å². The van der Waals surface area contributed by atoms with Crippen LogP contribution >= 0.6 is 0 Å². The summed E-state index contributed by atoms with van der Waals surface area (Å²) < 4.78 is 10.7. The van der Waals surface area contributed by atoms with E-state index in [9.17, 15) is 4.79 Å². The highest BCUT2D eigenvalue weighted by atomic mass is 16.5. The molecule has 0 N–H and O–H groups in total. The lowest BCUT2D eigenvalue weighted by Gasteiger charge is -2.21. The zero-order chi connectivity index (χ0) is 17.1. The van der Waals surface area contributed by atoms with Gasteiger partial charge in [-0.3, -0.25) is 4.79 Å². The molecule has 1 amide bonds. The lowest BCUT2D eigenvalue weighted by Crippen LogP contribution is -2.24. The molecule has 1 atom stereocenters. The lowest BCUT2D eigenvalue weighted by atomic mass is 9.98. The van der Waals surface area contributed by atoms with E-state index < -0.39 is 0 Å². The molecule has 5 nitrogen and oxygen atoms in total. The van der Waals surface area contributed by atoms with Crippen LogP contribution in [0.3, 0.4) is 0 Å². The predicted molar refractivity (Wildman–Crippen MR) is 92.4 cm³/mol. The molecular formula is C19H20N2O3. The molecule has 0 aliphatic carbocycles. The van der Waals surface area contributed by atoms with Crippen LogP contribution in [0.5, 0.6) is 11.5 Å². The number of nitrogens with zero attached hydrogens (tertiary/aromatic N) is 2. The average Bonchev–Trinajstić information content (AvgIpc) is 3.07. The third kappa shape index (κ3) is 3.11. The summed E-state index contributed by atoms with van der Waals surface area (Å²) in [6.45, 7) is 1.53. The molecule has 1 heterocycles. The van der Waals surface area contributed by atoms with Crippen LogP contribution in [-0.2, 0) is 4.79 Å². The number of methoxy groups -OCH3 is 2. The standard InChI is InChI=1S/C19H20N2O3/c1-13(22)21-19(12-18(20-21)14-7-5-4-6-8-14)15-9-16(23-2)11-17(10-15)24-3/h4-11,19H,12H2,1-3H3/t19-/m1/s1. The van der Waals surface area contributed by atoms with Crippen molar-refractivity contribution in [2.45, 2.75) is 19.4 Å². The molecular weight excluding hydrogens is 304 g/mol. The van der Waals surface area contributed by atoms with E-state index in [2.05, 4.69) is 5.10 Å². The highest BCUT2D eigenvalue weighted by molar-refractivity contribution is 6.03. The minimum atomic E-state index is -0.165. The summed E-state index contributed by atoms with van der Waals surface area (Å²) >= 11 is 0. The summed E-state index contributed by atoms with van der Waals surface area (Å²) in [4.78, 5) is 12.1. The SMILES string of the molecule is COc1cc(OC)cc([C@H]2CC(c3ccccc3)=NN2C(C)=O)c1. The van der Waals surface area contributed by atoms with E-state index in [1.54, 1.807) is 14.2 Å². The second-order valence-corrected chi connectivity index (χ2v) is 5.64. The van der Waals surface area contributed by atoms with Crippen molar-refractivity contribution >= 4 is 11.6 Å². The molecule has 0 saturated heterocycles. The molecule has 3 rings (SSSR count). The second-order valence-electron chi connectivity index (χ2n) is 5.64. The minimum absolute atomic E-state index is 0.0901. The first kappa shape index (κ1) is 16.1. The van der Waals surface area contributed by atoms with Gasteiger partial charge in [-0.15, -0.1) is 0 Å². The molecule has 1 aliphatic rings. The van der Waals surface area contributed by atoms with E-state index in [1.165, 1.54) is 11.9 Å². The number of hydrogen-bond donors (Lipinski definition) is 0. The Morgan fingerprint density at radius 2 is 1.71 bits per heavy atom. The van der Waals surface area contributed by atoms with E-state index in [-0.39, 0.29) is 11.9 Å². The second kappa shape index (κ2) is 6.74. The van der Waals surface area contributed by atoms with Crippen molar-refractivity contribution in [2.24, 2.45) is 5.10 Å². The van der Waals surface area contributed by atoms with Gasteiger partial charge >= 0.3 is 0 Å².